The fourth-order valence-corrected chi connectivity index (χ4v) is 17.9. The summed E-state index contributed by atoms with van der Waals surface area (Å²) in [6.07, 6.45) is 0. The maximum absolute atomic E-state index is 5.44. The van der Waals surface area contributed by atoms with Crippen molar-refractivity contribution in [2.24, 2.45) is 0 Å². The zero-order chi connectivity index (χ0) is 76.2. The van der Waals surface area contributed by atoms with Gasteiger partial charge < -0.3 is 0 Å². The molecule has 0 unspecified atom stereocenters. The second-order valence-electron chi connectivity index (χ2n) is 31.2. The maximum atomic E-state index is 5.44. The van der Waals surface area contributed by atoms with E-state index in [1.54, 1.807) is 0 Å². The van der Waals surface area contributed by atoms with E-state index in [1.807, 2.05) is 36.4 Å². The summed E-state index contributed by atoms with van der Waals surface area (Å²) in [7, 11) is 0. The van der Waals surface area contributed by atoms with Crippen LogP contribution in [0.2, 0.25) is 0 Å². The lowest BCUT2D eigenvalue weighted by molar-refractivity contribution is 0.661. The molecule has 0 fully saturated rings. The van der Waals surface area contributed by atoms with Crippen molar-refractivity contribution in [1.82, 2.24) is 29.9 Å². The zero-order valence-corrected chi connectivity index (χ0v) is 63.5. The topological polar surface area (TPSA) is 77.3 Å². The normalized spacial score (nSPS) is 12.9. The Bertz CT molecular complexity index is 6930. The lowest BCUT2D eigenvalue weighted by Gasteiger charge is -2.23. The van der Waals surface area contributed by atoms with Crippen molar-refractivity contribution in [3.05, 3.63) is 398 Å². The van der Waals surface area contributed by atoms with Crippen LogP contribution in [0.15, 0.2) is 376 Å². The number of rotatable bonds is 10. The van der Waals surface area contributed by atoms with Crippen molar-refractivity contribution in [2.75, 3.05) is 0 Å². The predicted octanol–water partition coefficient (Wildman–Crippen LogP) is 27.9. The quantitative estimate of drug-likeness (QED) is 0.127. The van der Waals surface area contributed by atoms with Crippen molar-refractivity contribution in [3.63, 3.8) is 0 Å². The van der Waals surface area contributed by atoms with Crippen LogP contribution in [0.5, 0.6) is 0 Å². The molecular weight excluding hydrogens is 1380 g/mol. The third-order valence-electron chi connectivity index (χ3n) is 23.7. The van der Waals surface area contributed by atoms with Crippen LogP contribution in [0.4, 0.5) is 0 Å². The van der Waals surface area contributed by atoms with Crippen molar-refractivity contribution in [2.45, 2.75) is 38.5 Å². The Morgan fingerprint density at radius 3 is 0.614 bits per heavy atom. The van der Waals surface area contributed by atoms with Gasteiger partial charge in [-0.05, 0) is 226 Å². The van der Waals surface area contributed by atoms with Gasteiger partial charge in [0.15, 0.2) is 34.9 Å². The molecule has 22 rings (SSSR count). The van der Waals surface area contributed by atoms with E-state index in [1.165, 1.54) is 109 Å². The fourth-order valence-electron chi connectivity index (χ4n) is 17.9. The molecule has 0 aliphatic heterocycles. The molecule has 0 radical (unpaired) electrons. The Morgan fingerprint density at radius 2 is 0.342 bits per heavy atom. The lowest BCUT2D eigenvalue weighted by Crippen LogP contribution is -2.15. The van der Waals surface area contributed by atoms with Crippen LogP contribution in [-0.2, 0) is 10.8 Å². The molecular formula is C108H74N6. The van der Waals surface area contributed by atoms with Crippen LogP contribution in [0.3, 0.4) is 0 Å². The first kappa shape index (κ1) is 67.6. The van der Waals surface area contributed by atoms with Crippen LogP contribution in [0.1, 0.15) is 49.9 Å². The average Bonchev–Trinajstić information content (AvgIpc) is 1.52. The summed E-state index contributed by atoms with van der Waals surface area (Å²) in [5, 5.41) is 15.5. The van der Waals surface area contributed by atoms with Gasteiger partial charge in [-0.25, -0.2) is 29.9 Å². The van der Waals surface area contributed by atoms with Gasteiger partial charge in [0, 0.05) is 44.2 Å². The molecule has 0 amide bonds. The molecule has 2 aliphatic rings. The smallest absolute Gasteiger partial charge is 0.164 e. The van der Waals surface area contributed by atoms with Gasteiger partial charge in [0.1, 0.15) is 0 Å². The second kappa shape index (κ2) is 27.2. The molecule has 0 saturated heterocycles. The average molecular weight is 1460 g/mol. The Morgan fingerprint density at radius 1 is 0.140 bits per heavy atom. The third-order valence-corrected chi connectivity index (χ3v) is 23.7. The van der Waals surface area contributed by atoms with E-state index < -0.39 is 0 Å². The molecule has 114 heavy (non-hydrogen) atoms. The van der Waals surface area contributed by atoms with Gasteiger partial charge in [-0.1, -0.05) is 331 Å². The molecule has 6 heteroatoms. The van der Waals surface area contributed by atoms with E-state index in [-0.39, 0.29) is 10.8 Å². The summed E-state index contributed by atoms with van der Waals surface area (Å²) in [6.45, 7) is 9.41. The van der Waals surface area contributed by atoms with E-state index in [0.29, 0.717) is 34.9 Å². The van der Waals surface area contributed by atoms with Gasteiger partial charge in [-0.15, -0.1) is 0 Å². The standard InChI is InChI=1S/C66H45N3.C42H29N3/c1-66(2)61-39-46(31-32-57(61)60-40-58-55-29-17-15-27-53(55)54-28-16-18-30-56(54)59(58)41-62(60)66)63-67-64(51-35-47(42-19-7-3-8-20-42)33-48(36-51)43-21-9-4-10-22-43)69-65(68-63)52-37-49(44-23-11-5-12-24-44)34-50(38-52)45-25-13-6-14-26-45;1-42(2)37-23-28(41-44-39(26-13-5-3-6-14-26)43-40(45-41)27-15-7-4-8-16-27)21-22-33(37)36-24-34-31-19-11-9-17-29(31)30-18-10-12-20-32(30)35(34)25-38(36)42/h3-41H,1-2H3;3-25H,1-2H3. The highest BCUT2D eigenvalue weighted by atomic mass is 15.0. The fraction of sp³-hybridized carbons (Fsp3) is 0.0556. The Kier molecular flexibility index (Phi) is 16.2. The minimum absolute atomic E-state index is 0.195. The molecule has 536 valence electrons. The molecule has 20 aromatic rings. The molecule has 0 N–H and O–H groups in total. The summed E-state index contributed by atoms with van der Waals surface area (Å²) < 4.78 is 0. The van der Waals surface area contributed by atoms with Gasteiger partial charge in [-0.3, -0.25) is 0 Å². The molecule has 6 nitrogen and oxygen atoms in total. The zero-order valence-electron chi connectivity index (χ0n) is 63.5. The maximum Gasteiger partial charge on any atom is 0.164 e. The van der Waals surface area contributed by atoms with Crippen molar-refractivity contribution < 1.29 is 0 Å². The molecule has 0 bridgehead atoms. The molecule has 2 aromatic heterocycles. The minimum atomic E-state index is -0.288. The van der Waals surface area contributed by atoms with Gasteiger partial charge in [-0.2, -0.15) is 0 Å². The third kappa shape index (κ3) is 11.6. The van der Waals surface area contributed by atoms with Crippen molar-refractivity contribution >= 4 is 64.6 Å². The Hall–Kier alpha value is -14.5. The number of nitrogens with zero attached hydrogens (tertiary/aromatic N) is 6. The summed E-state index contributed by atoms with van der Waals surface area (Å²) in [4.78, 5) is 31.2. The van der Waals surface area contributed by atoms with E-state index >= 15 is 0 Å². The molecule has 0 atom stereocenters. The highest BCUT2D eigenvalue weighted by Gasteiger charge is 2.39. The number of hydrogen-bond donors (Lipinski definition) is 0. The van der Waals surface area contributed by atoms with Crippen LogP contribution in [0.25, 0.3) is 200 Å². The molecule has 0 saturated carbocycles. The van der Waals surface area contributed by atoms with E-state index in [0.717, 1.165) is 77.9 Å². The van der Waals surface area contributed by atoms with E-state index in [9.17, 15) is 0 Å². The summed E-state index contributed by atoms with van der Waals surface area (Å²) in [5.41, 5.74) is 24.5. The van der Waals surface area contributed by atoms with E-state index in [2.05, 4.69) is 367 Å². The molecule has 2 heterocycles. The predicted molar refractivity (Wildman–Crippen MR) is 474 cm³/mol. The summed E-state index contributed by atoms with van der Waals surface area (Å²) >= 11 is 0. The number of hydrogen-bond acceptors (Lipinski definition) is 6. The highest BCUT2D eigenvalue weighted by Crippen LogP contribution is 2.55. The number of aromatic nitrogens is 6. The molecule has 0 spiro atoms. The summed E-state index contributed by atoms with van der Waals surface area (Å²) in [5.74, 6) is 3.89. The largest absolute Gasteiger partial charge is 0.208 e. The van der Waals surface area contributed by atoms with Crippen molar-refractivity contribution in [1.29, 1.82) is 0 Å². The van der Waals surface area contributed by atoms with Crippen molar-refractivity contribution in [3.8, 4) is 135 Å². The van der Waals surface area contributed by atoms with Gasteiger partial charge in [0.25, 0.3) is 0 Å². The first-order valence-corrected chi connectivity index (χ1v) is 39.2. The molecule has 18 aromatic carbocycles. The van der Waals surface area contributed by atoms with E-state index in [4.69, 9.17) is 29.9 Å². The van der Waals surface area contributed by atoms with Gasteiger partial charge in [0.2, 0.25) is 0 Å². The first-order chi connectivity index (χ1) is 56.0. The SMILES string of the molecule is CC1(C)c2cc(-c3nc(-c4cc(-c5ccccc5)cc(-c5ccccc5)c4)nc(-c4cc(-c5ccccc5)cc(-c5ccccc5)c4)n3)ccc2-c2cc3c4ccccc4c4ccccc4c3cc21.CC1(C)c2cc(-c3nc(-c4ccccc4)nc(-c4ccccc4)n3)ccc2-c2cc3c4ccccc4c4ccccc4c3cc21. The number of fused-ring (bicyclic) bond motifs is 18. The van der Waals surface area contributed by atoms with Crippen LogP contribution >= 0.6 is 0 Å². The second-order valence-corrected chi connectivity index (χ2v) is 31.2. The number of benzene rings is 18. The lowest BCUT2D eigenvalue weighted by atomic mass is 9.80. The Balaban J connectivity index is 0.000000156. The Labute approximate surface area is 662 Å². The van der Waals surface area contributed by atoms with Gasteiger partial charge in [0.05, 0.1) is 0 Å². The van der Waals surface area contributed by atoms with Crippen LogP contribution in [0, 0.1) is 0 Å². The summed E-state index contributed by atoms with van der Waals surface area (Å²) in [6, 6.07) is 135. The highest BCUT2D eigenvalue weighted by molar-refractivity contribution is 6.27. The monoisotopic (exact) mass is 1450 g/mol. The molecule has 2 aliphatic carbocycles. The van der Waals surface area contributed by atoms with Gasteiger partial charge >= 0.3 is 0 Å². The van der Waals surface area contributed by atoms with Crippen LogP contribution in [-0.4, -0.2) is 29.9 Å². The minimum Gasteiger partial charge on any atom is -0.208 e. The first-order valence-electron chi connectivity index (χ1n) is 39.2. The van der Waals surface area contributed by atoms with Crippen LogP contribution < -0.4 is 0 Å².